The lowest BCUT2D eigenvalue weighted by atomic mass is 9.99. The van der Waals surface area contributed by atoms with E-state index in [2.05, 4.69) is 25.9 Å². The first kappa shape index (κ1) is 23.0. The summed E-state index contributed by atoms with van der Waals surface area (Å²) in [4.78, 5) is 13.0. The standard InChI is InChI=1S/C29H25N5O2/c1-19(30-29(36)26-17-21(10-15-27(26)35)16-20-6-3-2-4-7-20)22-11-13-23(14-12-22)24-8-5-9-25(18-24)28-31-33-34-32-28/h2-15,17-19,35H,16H2,1H3,(H,30,36)(H,31,32,33,34). The molecule has 0 saturated heterocycles. The van der Waals surface area contributed by atoms with E-state index in [-0.39, 0.29) is 23.3 Å². The van der Waals surface area contributed by atoms with Crippen LogP contribution < -0.4 is 5.32 Å². The van der Waals surface area contributed by atoms with Crippen molar-refractivity contribution in [3.63, 3.8) is 0 Å². The van der Waals surface area contributed by atoms with Crippen molar-refractivity contribution >= 4 is 5.91 Å². The minimum Gasteiger partial charge on any atom is -0.507 e. The fraction of sp³-hybridized carbons (Fsp3) is 0.103. The highest BCUT2D eigenvalue weighted by molar-refractivity contribution is 5.97. The summed E-state index contributed by atoms with van der Waals surface area (Å²) in [6.45, 7) is 1.93. The zero-order chi connectivity index (χ0) is 24.9. The maximum absolute atomic E-state index is 13.0. The molecular weight excluding hydrogens is 450 g/mol. The number of nitrogens with one attached hydrogen (secondary N) is 2. The Morgan fingerprint density at radius 3 is 2.39 bits per heavy atom. The molecule has 0 bridgehead atoms. The predicted octanol–water partition coefficient (Wildman–Crippen LogP) is 5.32. The van der Waals surface area contributed by atoms with Gasteiger partial charge in [0.15, 0.2) is 0 Å². The second kappa shape index (κ2) is 10.2. The first-order valence-electron chi connectivity index (χ1n) is 11.7. The van der Waals surface area contributed by atoms with Crippen LogP contribution in [0.15, 0.2) is 97.1 Å². The van der Waals surface area contributed by atoms with Crippen LogP contribution in [0.3, 0.4) is 0 Å². The van der Waals surface area contributed by atoms with Gasteiger partial charge in [-0.15, -0.1) is 10.2 Å². The van der Waals surface area contributed by atoms with Gasteiger partial charge in [-0.25, -0.2) is 0 Å². The largest absolute Gasteiger partial charge is 0.507 e. The Morgan fingerprint density at radius 2 is 1.64 bits per heavy atom. The van der Waals surface area contributed by atoms with Crippen molar-refractivity contribution in [2.24, 2.45) is 0 Å². The molecule has 0 fully saturated rings. The second-order valence-corrected chi connectivity index (χ2v) is 8.65. The van der Waals surface area contributed by atoms with E-state index in [0.29, 0.717) is 12.2 Å². The molecule has 1 unspecified atom stereocenters. The summed E-state index contributed by atoms with van der Waals surface area (Å²) < 4.78 is 0. The van der Waals surface area contributed by atoms with E-state index in [1.165, 1.54) is 0 Å². The number of aromatic nitrogens is 4. The molecule has 4 aromatic carbocycles. The van der Waals surface area contributed by atoms with Crippen LogP contribution in [0.2, 0.25) is 0 Å². The van der Waals surface area contributed by atoms with E-state index < -0.39 is 0 Å². The van der Waals surface area contributed by atoms with Gasteiger partial charge in [0.2, 0.25) is 5.82 Å². The van der Waals surface area contributed by atoms with E-state index in [4.69, 9.17) is 0 Å². The summed E-state index contributed by atoms with van der Waals surface area (Å²) in [5.41, 5.74) is 6.27. The lowest BCUT2D eigenvalue weighted by Gasteiger charge is -2.16. The Labute approximate surface area is 208 Å². The molecule has 0 radical (unpaired) electrons. The highest BCUT2D eigenvalue weighted by Crippen LogP contribution is 2.26. The summed E-state index contributed by atoms with van der Waals surface area (Å²) >= 11 is 0. The third-order valence-corrected chi connectivity index (χ3v) is 6.11. The number of aromatic amines is 1. The number of tetrazole rings is 1. The molecule has 0 aliphatic rings. The SMILES string of the molecule is CC(NC(=O)c1cc(Cc2ccccc2)ccc1O)c1ccc(-c2cccc(-c3nn[nH]n3)c2)cc1. The van der Waals surface area contributed by atoms with Crippen LogP contribution in [0, 0.1) is 0 Å². The van der Waals surface area contributed by atoms with Gasteiger partial charge in [0.05, 0.1) is 11.6 Å². The van der Waals surface area contributed by atoms with E-state index in [0.717, 1.165) is 33.4 Å². The Kier molecular flexibility index (Phi) is 6.53. The molecular formula is C29H25N5O2. The van der Waals surface area contributed by atoms with Gasteiger partial charge < -0.3 is 10.4 Å². The number of phenolic OH excluding ortho intramolecular Hbond substituents is 1. The smallest absolute Gasteiger partial charge is 0.255 e. The maximum Gasteiger partial charge on any atom is 0.255 e. The van der Waals surface area contributed by atoms with Gasteiger partial charge in [0, 0.05) is 5.56 Å². The molecule has 1 heterocycles. The van der Waals surface area contributed by atoms with Crippen molar-refractivity contribution < 1.29 is 9.90 Å². The Morgan fingerprint density at radius 1 is 0.861 bits per heavy atom. The molecule has 0 aliphatic heterocycles. The zero-order valence-corrected chi connectivity index (χ0v) is 19.7. The number of benzene rings is 4. The molecule has 0 saturated carbocycles. The number of amides is 1. The summed E-state index contributed by atoms with van der Waals surface area (Å²) in [5, 5.41) is 27.5. The van der Waals surface area contributed by atoms with Crippen LogP contribution in [0.1, 0.15) is 40.0 Å². The molecule has 5 rings (SSSR count). The Balaban J connectivity index is 1.28. The van der Waals surface area contributed by atoms with Crippen molar-refractivity contribution in [3.8, 4) is 28.3 Å². The molecule has 0 spiro atoms. The van der Waals surface area contributed by atoms with E-state index in [1.807, 2.05) is 91.9 Å². The molecule has 1 atom stereocenters. The van der Waals surface area contributed by atoms with Gasteiger partial charge in [0.25, 0.3) is 5.91 Å². The molecule has 5 aromatic rings. The number of H-pyrrole nitrogens is 1. The average molecular weight is 476 g/mol. The Hall–Kier alpha value is -4.78. The second-order valence-electron chi connectivity index (χ2n) is 8.65. The number of nitrogens with zero attached hydrogens (tertiary/aromatic N) is 3. The molecule has 7 heteroatoms. The van der Waals surface area contributed by atoms with Crippen LogP contribution >= 0.6 is 0 Å². The first-order valence-corrected chi connectivity index (χ1v) is 11.7. The minimum absolute atomic E-state index is 0.0339. The molecule has 1 amide bonds. The third-order valence-electron chi connectivity index (χ3n) is 6.11. The van der Waals surface area contributed by atoms with Crippen LogP contribution in [-0.4, -0.2) is 31.6 Å². The predicted molar refractivity (Wildman–Crippen MR) is 138 cm³/mol. The number of carbonyl (C=O) groups excluding carboxylic acids is 1. The normalized spacial score (nSPS) is 11.7. The Bertz CT molecular complexity index is 1470. The maximum atomic E-state index is 13.0. The lowest BCUT2D eigenvalue weighted by Crippen LogP contribution is -2.26. The first-order chi connectivity index (χ1) is 17.6. The monoisotopic (exact) mass is 475 g/mol. The summed E-state index contributed by atoms with van der Waals surface area (Å²) in [6.07, 6.45) is 0.687. The number of rotatable bonds is 7. The number of phenols is 1. The van der Waals surface area contributed by atoms with Gasteiger partial charge >= 0.3 is 0 Å². The minimum atomic E-state index is -0.313. The van der Waals surface area contributed by atoms with Crippen LogP contribution in [0.5, 0.6) is 5.75 Å². The van der Waals surface area contributed by atoms with E-state index >= 15 is 0 Å². The summed E-state index contributed by atoms with van der Waals surface area (Å²) in [6, 6.07) is 30.9. The van der Waals surface area contributed by atoms with Gasteiger partial charge in [-0.1, -0.05) is 78.9 Å². The highest BCUT2D eigenvalue weighted by Gasteiger charge is 2.16. The van der Waals surface area contributed by atoms with Crippen molar-refractivity contribution in [1.29, 1.82) is 0 Å². The number of hydrogen-bond donors (Lipinski definition) is 3. The van der Waals surface area contributed by atoms with Crippen molar-refractivity contribution in [2.75, 3.05) is 0 Å². The quantitative estimate of drug-likeness (QED) is 0.296. The van der Waals surface area contributed by atoms with Gasteiger partial charge in [-0.05, 0) is 64.6 Å². The van der Waals surface area contributed by atoms with E-state index in [9.17, 15) is 9.90 Å². The number of hydrogen-bond acceptors (Lipinski definition) is 5. The third kappa shape index (κ3) is 5.15. The topological polar surface area (TPSA) is 104 Å². The van der Waals surface area contributed by atoms with Gasteiger partial charge in [-0.3, -0.25) is 4.79 Å². The van der Waals surface area contributed by atoms with Crippen LogP contribution in [0.4, 0.5) is 0 Å². The average Bonchev–Trinajstić information content (AvgIpc) is 3.46. The fourth-order valence-electron chi connectivity index (χ4n) is 4.15. The van der Waals surface area contributed by atoms with Crippen LogP contribution in [0.25, 0.3) is 22.5 Å². The van der Waals surface area contributed by atoms with Crippen molar-refractivity contribution in [3.05, 3.63) is 119 Å². The number of carbonyl (C=O) groups is 1. The van der Waals surface area contributed by atoms with Crippen molar-refractivity contribution in [2.45, 2.75) is 19.4 Å². The van der Waals surface area contributed by atoms with E-state index in [1.54, 1.807) is 12.1 Å². The molecule has 178 valence electrons. The van der Waals surface area contributed by atoms with Crippen LogP contribution in [-0.2, 0) is 6.42 Å². The molecule has 7 nitrogen and oxygen atoms in total. The molecule has 3 N–H and O–H groups in total. The van der Waals surface area contributed by atoms with Crippen molar-refractivity contribution in [1.82, 2.24) is 25.9 Å². The molecule has 36 heavy (non-hydrogen) atoms. The van der Waals surface area contributed by atoms with Gasteiger partial charge in [0.1, 0.15) is 5.75 Å². The highest BCUT2D eigenvalue weighted by atomic mass is 16.3. The zero-order valence-electron chi connectivity index (χ0n) is 19.7. The summed E-state index contributed by atoms with van der Waals surface area (Å²) in [7, 11) is 0. The summed E-state index contributed by atoms with van der Waals surface area (Å²) in [5.74, 6) is 0.195. The molecule has 1 aromatic heterocycles. The number of aromatic hydroxyl groups is 1. The fourth-order valence-corrected chi connectivity index (χ4v) is 4.15. The molecule has 0 aliphatic carbocycles. The van der Waals surface area contributed by atoms with Gasteiger partial charge in [-0.2, -0.15) is 5.21 Å². The lowest BCUT2D eigenvalue weighted by molar-refractivity contribution is 0.0937.